The zero-order valence-corrected chi connectivity index (χ0v) is 10.3. The molecule has 0 atom stereocenters. The quantitative estimate of drug-likeness (QED) is 0.746. The highest BCUT2D eigenvalue weighted by Crippen LogP contribution is 2.24. The van der Waals surface area contributed by atoms with Gasteiger partial charge in [0.25, 0.3) is 0 Å². The number of halogens is 3. The lowest BCUT2D eigenvalue weighted by Gasteiger charge is -2.06. The van der Waals surface area contributed by atoms with Crippen molar-refractivity contribution in [3.05, 3.63) is 69.7 Å². The summed E-state index contributed by atoms with van der Waals surface area (Å²) in [5, 5.41) is 0.284. The third kappa shape index (κ3) is 2.27. The van der Waals surface area contributed by atoms with Crippen LogP contribution in [0.15, 0.2) is 36.4 Å². The molecule has 0 heterocycles. The van der Waals surface area contributed by atoms with Crippen LogP contribution in [0.3, 0.4) is 0 Å². The van der Waals surface area contributed by atoms with Gasteiger partial charge in [-0.3, -0.25) is 4.79 Å². The number of benzene rings is 2. The molecule has 0 aliphatic heterocycles. The molecule has 18 heavy (non-hydrogen) atoms. The van der Waals surface area contributed by atoms with Crippen LogP contribution in [0.1, 0.15) is 21.5 Å². The van der Waals surface area contributed by atoms with Crippen LogP contribution in [-0.2, 0) is 0 Å². The Morgan fingerprint density at radius 1 is 1.11 bits per heavy atom. The lowest BCUT2D eigenvalue weighted by atomic mass is 10.0. The first-order chi connectivity index (χ1) is 8.50. The maximum absolute atomic E-state index is 13.5. The fourth-order valence-electron chi connectivity index (χ4n) is 1.64. The Kier molecular flexibility index (Phi) is 3.43. The summed E-state index contributed by atoms with van der Waals surface area (Å²) in [6, 6.07) is 7.76. The second kappa shape index (κ2) is 4.86. The number of rotatable bonds is 2. The summed E-state index contributed by atoms with van der Waals surface area (Å²) >= 11 is 6.00. The number of carbonyl (C=O) groups excluding carboxylic acids is 1. The monoisotopic (exact) mass is 266 g/mol. The Balaban J connectivity index is 2.51. The minimum absolute atomic E-state index is 0.191. The second-order valence-electron chi connectivity index (χ2n) is 3.89. The zero-order chi connectivity index (χ0) is 13.3. The molecule has 4 heteroatoms. The van der Waals surface area contributed by atoms with Crippen molar-refractivity contribution in [3.8, 4) is 0 Å². The smallest absolute Gasteiger partial charge is 0.197 e. The minimum atomic E-state index is -0.891. The third-order valence-electron chi connectivity index (χ3n) is 2.61. The average Bonchev–Trinajstić information content (AvgIpc) is 2.32. The largest absolute Gasteiger partial charge is 0.288 e. The van der Waals surface area contributed by atoms with Crippen molar-refractivity contribution >= 4 is 17.4 Å². The van der Waals surface area contributed by atoms with Crippen LogP contribution < -0.4 is 0 Å². The van der Waals surface area contributed by atoms with Crippen molar-refractivity contribution in [1.29, 1.82) is 0 Å². The van der Waals surface area contributed by atoms with Gasteiger partial charge in [-0.15, -0.1) is 0 Å². The SMILES string of the molecule is Cc1cccc(C(=O)c2ccc(F)cc2F)c1Cl. The molecule has 2 aromatic rings. The van der Waals surface area contributed by atoms with Gasteiger partial charge < -0.3 is 0 Å². The molecule has 0 radical (unpaired) electrons. The number of hydrogen-bond donors (Lipinski definition) is 0. The molecule has 0 fully saturated rings. The molecule has 0 bridgehead atoms. The van der Waals surface area contributed by atoms with Crippen molar-refractivity contribution in [2.45, 2.75) is 6.92 Å². The molecule has 0 unspecified atom stereocenters. The predicted molar refractivity (Wildman–Crippen MR) is 66.0 cm³/mol. The summed E-state index contributed by atoms with van der Waals surface area (Å²) in [5.41, 5.74) is 0.746. The van der Waals surface area contributed by atoms with Crippen LogP contribution in [0.5, 0.6) is 0 Å². The van der Waals surface area contributed by atoms with E-state index in [2.05, 4.69) is 0 Å². The molecule has 2 aromatic carbocycles. The fraction of sp³-hybridized carbons (Fsp3) is 0.0714. The first-order valence-electron chi connectivity index (χ1n) is 5.25. The molecule has 92 valence electrons. The van der Waals surface area contributed by atoms with E-state index in [4.69, 9.17) is 11.6 Å². The van der Waals surface area contributed by atoms with E-state index in [-0.39, 0.29) is 16.1 Å². The number of carbonyl (C=O) groups is 1. The summed E-state index contributed by atoms with van der Waals surface area (Å²) in [5.74, 6) is -2.17. The maximum atomic E-state index is 13.5. The van der Waals surface area contributed by atoms with Gasteiger partial charge in [-0.2, -0.15) is 0 Å². The molecule has 1 nitrogen and oxygen atoms in total. The van der Waals surface area contributed by atoms with Crippen LogP contribution in [0.4, 0.5) is 8.78 Å². The Bertz CT molecular complexity index is 623. The second-order valence-corrected chi connectivity index (χ2v) is 4.27. The van der Waals surface area contributed by atoms with Crippen LogP contribution in [0.2, 0.25) is 5.02 Å². The zero-order valence-electron chi connectivity index (χ0n) is 9.51. The van der Waals surface area contributed by atoms with E-state index in [0.717, 1.165) is 17.7 Å². The van der Waals surface area contributed by atoms with E-state index in [0.29, 0.717) is 6.07 Å². The van der Waals surface area contributed by atoms with Gasteiger partial charge in [0.2, 0.25) is 0 Å². The molecule has 0 saturated heterocycles. The van der Waals surface area contributed by atoms with Crippen molar-refractivity contribution in [2.75, 3.05) is 0 Å². The lowest BCUT2D eigenvalue weighted by Crippen LogP contribution is -2.06. The van der Waals surface area contributed by atoms with E-state index in [9.17, 15) is 13.6 Å². The Morgan fingerprint density at radius 3 is 2.50 bits per heavy atom. The number of ketones is 1. The lowest BCUT2D eigenvalue weighted by molar-refractivity contribution is 0.103. The van der Waals surface area contributed by atoms with Gasteiger partial charge in [-0.25, -0.2) is 8.78 Å². The minimum Gasteiger partial charge on any atom is -0.288 e. The summed E-state index contributed by atoms with van der Waals surface area (Å²) < 4.78 is 26.3. The molecular weight excluding hydrogens is 258 g/mol. The van der Waals surface area contributed by atoms with E-state index < -0.39 is 17.4 Å². The van der Waals surface area contributed by atoms with Gasteiger partial charge in [-0.1, -0.05) is 23.7 Å². The first kappa shape index (κ1) is 12.7. The third-order valence-corrected chi connectivity index (χ3v) is 3.11. The molecule has 0 aliphatic rings. The standard InChI is InChI=1S/C14H9ClF2O/c1-8-3-2-4-11(13(8)15)14(18)10-6-5-9(16)7-12(10)17/h2-7H,1H3. The van der Waals surface area contributed by atoms with Crippen molar-refractivity contribution in [2.24, 2.45) is 0 Å². The maximum Gasteiger partial charge on any atom is 0.197 e. The predicted octanol–water partition coefficient (Wildman–Crippen LogP) is 4.16. The van der Waals surface area contributed by atoms with Crippen LogP contribution in [0.25, 0.3) is 0 Å². The topological polar surface area (TPSA) is 17.1 Å². The van der Waals surface area contributed by atoms with Crippen molar-refractivity contribution in [3.63, 3.8) is 0 Å². The van der Waals surface area contributed by atoms with Gasteiger partial charge in [0, 0.05) is 11.6 Å². The van der Waals surface area contributed by atoms with Gasteiger partial charge in [0.1, 0.15) is 11.6 Å². The number of hydrogen-bond acceptors (Lipinski definition) is 1. The number of aryl methyl sites for hydroxylation is 1. The summed E-state index contributed by atoms with van der Waals surface area (Å²) in [6.07, 6.45) is 0. The molecule has 0 spiro atoms. The van der Waals surface area contributed by atoms with Gasteiger partial charge in [-0.05, 0) is 30.7 Å². The first-order valence-corrected chi connectivity index (χ1v) is 5.63. The Hall–Kier alpha value is -1.74. The molecule has 2 rings (SSSR count). The summed E-state index contributed by atoms with van der Waals surface area (Å²) in [7, 11) is 0. The van der Waals surface area contributed by atoms with Crippen LogP contribution in [-0.4, -0.2) is 5.78 Å². The Morgan fingerprint density at radius 2 is 1.83 bits per heavy atom. The molecule has 0 N–H and O–H groups in total. The summed E-state index contributed by atoms with van der Waals surface area (Å²) in [6.45, 7) is 1.75. The van der Waals surface area contributed by atoms with Crippen molar-refractivity contribution < 1.29 is 13.6 Å². The van der Waals surface area contributed by atoms with E-state index in [1.54, 1.807) is 19.1 Å². The highest BCUT2D eigenvalue weighted by Gasteiger charge is 2.17. The van der Waals surface area contributed by atoms with Crippen molar-refractivity contribution in [1.82, 2.24) is 0 Å². The summed E-state index contributed by atoms with van der Waals surface area (Å²) in [4.78, 5) is 12.1. The molecule has 0 amide bonds. The fourth-order valence-corrected chi connectivity index (χ4v) is 1.85. The van der Waals surface area contributed by atoms with E-state index >= 15 is 0 Å². The van der Waals surface area contributed by atoms with E-state index in [1.165, 1.54) is 6.07 Å². The Labute approximate surface area is 108 Å². The molecule has 0 saturated carbocycles. The van der Waals surface area contributed by atoms with E-state index in [1.807, 2.05) is 0 Å². The van der Waals surface area contributed by atoms with Crippen LogP contribution in [0, 0.1) is 18.6 Å². The molecular formula is C14H9ClF2O. The molecule has 0 aliphatic carbocycles. The normalized spacial score (nSPS) is 10.4. The van der Waals surface area contributed by atoms with Gasteiger partial charge >= 0.3 is 0 Å². The molecule has 0 aromatic heterocycles. The highest BCUT2D eigenvalue weighted by atomic mass is 35.5. The highest BCUT2D eigenvalue weighted by molar-refractivity contribution is 6.35. The average molecular weight is 267 g/mol. The van der Waals surface area contributed by atoms with Gasteiger partial charge in [0.15, 0.2) is 5.78 Å². The van der Waals surface area contributed by atoms with Gasteiger partial charge in [0.05, 0.1) is 10.6 Å². The van der Waals surface area contributed by atoms with Crippen LogP contribution >= 0.6 is 11.6 Å².